The van der Waals surface area contributed by atoms with Gasteiger partial charge in [-0.05, 0) is 26.2 Å². The Morgan fingerprint density at radius 1 is 1.26 bits per heavy atom. The summed E-state index contributed by atoms with van der Waals surface area (Å²) in [6.45, 7) is 8.46. The largest absolute Gasteiger partial charge is 0.390 e. The van der Waals surface area contributed by atoms with Gasteiger partial charge in [0.05, 0.1) is 28.1 Å². The predicted octanol–water partition coefficient (Wildman–Crippen LogP) is 2.57. The number of hydrogen-bond donors (Lipinski definition) is 2. The van der Waals surface area contributed by atoms with Crippen molar-refractivity contribution in [2.45, 2.75) is 71.6 Å². The molecule has 1 atom stereocenters. The summed E-state index contributed by atoms with van der Waals surface area (Å²) in [5, 5.41) is 25.7. The van der Waals surface area contributed by atoms with Crippen LogP contribution in [0.2, 0.25) is 5.02 Å². The molecule has 1 heterocycles. The minimum atomic E-state index is -1.06. The lowest BCUT2D eigenvalue weighted by Gasteiger charge is -2.31. The predicted molar refractivity (Wildman–Crippen MR) is 77.5 cm³/mol. The van der Waals surface area contributed by atoms with Gasteiger partial charge in [-0.15, -0.1) is 0 Å². The van der Waals surface area contributed by atoms with E-state index in [1.165, 1.54) is 0 Å². The van der Waals surface area contributed by atoms with E-state index < -0.39 is 11.7 Å². The second-order valence-electron chi connectivity index (χ2n) is 4.91. The van der Waals surface area contributed by atoms with Crippen molar-refractivity contribution in [3.63, 3.8) is 0 Å². The van der Waals surface area contributed by atoms with E-state index in [0.29, 0.717) is 30.8 Å². The lowest BCUT2D eigenvalue weighted by molar-refractivity contribution is -0.0796. The van der Waals surface area contributed by atoms with E-state index in [9.17, 15) is 10.2 Å². The Morgan fingerprint density at radius 2 is 1.84 bits per heavy atom. The Bertz CT molecular complexity index is 414. The van der Waals surface area contributed by atoms with Crippen molar-refractivity contribution in [1.29, 1.82) is 0 Å². The summed E-state index contributed by atoms with van der Waals surface area (Å²) in [7, 11) is 0. The van der Waals surface area contributed by atoms with Gasteiger partial charge in [0.1, 0.15) is 0 Å². The van der Waals surface area contributed by atoms with Crippen LogP contribution >= 0.6 is 11.6 Å². The first-order valence-corrected chi connectivity index (χ1v) is 7.45. The lowest BCUT2D eigenvalue weighted by atomic mass is 9.88. The molecular formula is C14H25ClN2O2. The Labute approximate surface area is 120 Å². The highest BCUT2D eigenvalue weighted by atomic mass is 35.5. The first kappa shape index (κ1) is 16.5. The van der Waals surface area contributed by atoms with Gasteiger partial charge in [-0.2, -0.15) is 5.10 Å². The van der Waals surface area contributed by atoms with Crippen molar-refractivity contribution in [2.75, 3.05) is 0 Å². The number of aryl methyl sites for hydroxylation is 2. The van der Waals surface area contributed by atoms with Gasteiger partial charge in [-0.25, -0.2) is 0 Å². The average Bonchev–Trinajstić information content (AvgIpc) is 2.74. The number of rotatable bonds is 7. The molecule has 0 aliphatic rings. The molecule has 4 nitrogen and oxygen atoms in total. The molecule has 0 amide bonds. The van der Waals surface area contributed by atoms with E-state index in [2.05, 4.69) is 5.10 Å². The van der Waals surface area contributed by atoms with Crippen molar-refractivity contribution in [3.8, 4) is 0 Å². The fraction of sp³-hybridized carbons (Fsp3) is 0.786. The van der Waals surface area contributed by atoms with Crippen LogP contribution in [0.25, 0.3) is 0 Å². The summed E-state index contributed by atoms with van der Waals surface area (Å²) in [5.74, 6) is 0. The molecule has 110 valence electrons. The number of hydrogen-bond acceptors (Lipinski definition) is 3. The van der Waals surface area contributed by atoms with Crippen molar-refractivity contribution < 1.29 is 10.2 Å². The van der Waals surface area contributed by atoms with Gasteiger partial charge in [-0.3, -0.25) is 4.68 Å². The topological polar surface area (TPSA) is 58.3 Å². The highest BCUT2D eigenvalue weighted by molar-refractivity contribution is 6.31. The first-order valence-electron chi connectivity index (χ1n) is 7.07. The molecule has 0 aliphatic carbocycles. The van der Waals surface area contributed by atoms with Crippen LogP contribution < -0.4 is 0 Å². The summed E-state index contributed by atoms with van der Waals surface area (Å²) >= 11 is 6.31. The highest BCUT2D eigenvalue weighted by Gasteiger charge is 2.33. The molecule has 1 unspecified atom stereocenters. The molecule has 19 heavy (non-hydrogen) atoms. The molecule has 0 bridgehead atoms. The lowest BCUT2D eigenvalue weighted by Crippen LogP contribution is -2.42. The van der Waals surface area contributed by atoms with Gasteiger partial charge in [0.25, 0.3) is 0 Å². The van der Waals surface area contributed by atoms with Crippen LogP contribution in [0.4, 0.5) is 0 Å². The first-order chi connectivity index (χ1) is 8.93. The minimum absolute atomic E-state index is 0.331. The molecule has 0 spiro atoms. The monoisotopic (exact) mass is 288 g/mol. The van der Waals surface area contributed by atoms with Crippen LogP contribution in [-0.2, 0) is 19.4 Å². The molecule has 0 aromatic carbocycles. The van der Waals surface area contributed by atoms with Gasteiger partial charge in [0.2, 0.25) is 0 Å². The molecule has 0 radical (unpaired) electrons. The highest BCUT2D eigenvalue weighted by Crippen LogP contribution is 2.27. The van der Waals surface area contributed by atoms with Gasteiger partial charge < -0.3 is 10.2 Å². The number of aliphatic hydroxyl groups excluding tert-OH is 1. The number of halogens is 1. The number of aliphatic hydroxyl groups is 2. The SMILES string of the molecule is CCc1nn(CC)c(CC(O)C(O)(CC)CC)c1Cl. The molecule has 1 aromatic heterocycles. The number of aromatic nitrogens is 2. The minimum Gasteiger partial charge on any atom is -0.390 e. The number of nitrogens with zero attached hydrogens (tertiary/aromatic N) is 2. The molecule has 1 rings (SSSR count). The second kappa shape index (κ2) is 6.73. The maximum absolute atomic E-state index is 10.4. The van der Waals surface area contributed by atoms with Crippen molar-refractivity contribution in [2.24, 2.45) is 0 Å². The van der Waals surface area contributed by atoms with Crippen LogP contribution in [0.1, 0.15) is 51.9 Å². The third kappa shape index (κ3) is 3.30. The standard InChI is InChI=1S/C14H25ClN2O2/c1-5-10-13(15)11(17(8-4)16-10)9-12(18)14(19,6-2)7-3/h12,18-19H,5-9H2,1-4H3. The summed E-state index contributed by atoms with van der Waals surface area (Å²) < 4.78 is 1.82. The van der Waals surface area contributed by atoms with E-state index in [4.69, 9.17) is 11.6 Å². The average molecular weight is 289 g/mol. The fourth-order valence-electron chi connectivity index (χ4n) is 2.31. The van der Waals surface area contributed by atoms with Crippen LogP contribution in [0, 0.1) is 0 Å². The zero-order valence-electron chi connectivity index (χ0n) is 12.3. The zero-order chi connectivity index (χ0) is 14.6. The summed E-state index contributed by atoms with van der Waals surface area (Å²) in [5.41, 5.74) is 0.606. The van der Waals surface area contributed by atoms with Crippen molar-refractivity contribution >= 4 is 11.6 Å². The summed E-state index contributed by atoms with van der Waals surface area (Å²) in [6.07, 6.45) is 1.30. The molecule has 0 aliphatic heterocycles. The Balaban J connectivity index is 3.02. The van der Waals surface area contributed by atoms with Gasteiger partial charge >= 0.3 is 0 Å². The van der Waals surface area contributed by atoms with E-state index in [1.54, 1.807) is 0 Å². The van der Waals surface area contributed by atoms with E-state index in [-0.39, 0.29) is 0 Å². The third-order valence-electron chi connectivity index (χ3n) is 3.93. The van der Waals surface area contributed by atoms with E-state index in [1.807, 2.05) is 32.4 Å². The molecule has 0 saturated heterocycles. The molecular weight excluding hydrogens is 264 g/mol. The second-order valence-corrected chi connectivity index (χ2v) is 5.29. The quantitative estimate of drug-likeness (QED) is 0.811. The van der Waals surface area contributed by atoms with Crippen LogP contribution in [-0.4, -0.2) is 31.7 Å². The van der Waals surface area contributed by atoms with Crippen molar-refractivity contribution in [1.82, 2.24) is 9.78 Å². The van der Waals surface area contributed by atoms with E-state index in [0.717, 1.165) is 17.8 Å². The third-order valence-corrected chi connectivity index (χ3v) is 4.36. The maximum Gasteiger partial charge on any atom is 0.0904 e. The Hall–Kier alpha value is -0.580. The van der Waals surface area contributed by atoms with Gasteiger partial charge in [-0.1, -0.05) is 32.4 Å². The molecule has 5 heteroatoms. The molecule has 0 fully saturated rings. The van der Waals surface area contributed by atoms with Crippen LogP contribution in [0.15, 0.2) is 0 Å². The molecule has 0 saturated carbocycles. The molecule has 2 N–H and O–H groups in total. The Kier molecular flexibility index (Phi) is 5.83. The maximum atomic E-state index is 10.4. The van der Waals surface area contributed by atoms with Crippen molar-refractivity contribution in [3.05, 3.63) is 16.4 Å². The van der Waals surface area contributed by atoms with Gasteiger partial charge in [0, 0.05) is 13.0 Å². The summed E-state index contributed by atoms with van der Waals surface area (Å²) in [6, 6.07) is 0. The van der Waals surface area contributed by atoms with Crippen LogP contribution in [0.3, 0.4) is 0 Å². The summed E-state index contributed by atoms with van der Waals surface area (Å²) in [4.78, 5) is 0. The molecule has 1 aromatic rings. The van der Waals surface area contributed by atoms with Gasteiger partial charge in [0.15, 0.2) is 0 Å². The zero-order valence-corrected chi connectivity index (χ0v) is 13.0. The van der Waals surface area contributed by atoms with E-state index >= 15 is 0 Å². The van der Waals surface area contributed by atoms with Crippen LogP contribution in [0.5, 0.6) is 0 Å². The fourth-order valence-corrected chi connectivity index (χ4v) is 2.65. The normalized spacial score (nSPS) is 13.8. The smallest absolute Gasteiger partial charge is 0.0904 e. The Morgan fingerprint density at radius 3 is 2.26 bits per heavy atom.